The summed E-state index contributed by atoms with van der Waals surface area (Å²) >= 11 is 0. The summed E-state index contributed by atoms with van der Waals surface area (Å²) in [4.78, 5) is 0. The minimum absolute atomic E-state index is 0.266. The molecule has 5 rings (SSSR count). The molecule has 1 aliphatic rings. The molecule has 136 valence electrons. The lowest BCUT2D eigenvalue weighted by atomic mass is 9.79. The van der Waals surface area contributed by atoms with E-state index in [1.54, 1.807) is 24.3 Å². The van der Waals surface area contributed by atoms with Gasteiger partial charge >= 0.3 is 0 Å². The molecule has 2 heteroatoms. The van der Waals surface area contributed by atoms with E-state index in [2.05, 4.69) is 36.4 Å². The van der Waals surface area contributed by atoms with E-state index in [-0.39, 0.29) is 11.5 Å². The third-order valence-electron chi connectivity index (χ3n) is 5.61. The predicted octanol–water partition coefficient (Wildman–Crippen LogP) is 5.93. The van der Waals surface area contributed by atoms with Crippen molar-refractivity contribution >= 4 is 0 Å². The fourth-order valence-electron chi connectivity index (χ4n) is 4.20. The first-order valence-corrected chi connectivity index (χ1v) is 9.49. The monoisotopic (exact) mass is 364 g/mol. The van der Waals surface area contributed by atoms with E-state index in [1.807, 2.05) is 24.3 Å². The van der Waals surface area contributed by atoms with Gasteiger partial charge in [0.1, 0.15) is 11.5 Å². The molecule has 0 spiro atoms. The van der Waals surface area contributed by atoms with Gasteiger partial charge in [-0.3, -0.25) is 0 Å². The smallest absolute Gasteiger partial charge is 0.115 e. The molecule has 2 nitrogen and oxygen atoms in total. The standard InChI is InChI=1S/C26H20O2/c27-22-10-5-17(6-11-22)24-14-9-21-15-19-3-1-2-4-20(19)16-25(21)26(24)18-7-12-23(28)13-8-18/h1-14,27-28H,15-16H2. The van der Waals surface area contributed by atoms with Crippen LogP contribution in [0.25, 0.3) is 22.3 Å². The van der Waals surface area contributed by atoms with Gasteiger partial charge < -0.3 is 10.2 Å². The third kappa shape index (κ3) is 2.84. The molecule has 0 aromatic heterocycles. The highest BCUT2D eigenvalue weighted by Crippen LogP contribution is 2.41. The van der Waals surface area contributed by atoms with Crippen LogP contribution in [0, 0.1) is 0 Å². The molecule has 4 aromatic rings. The Morgan fingerprint density at radius 2 is 1.07 bits per heavy atom. The van der Waals surface area contributed by atoms with Crippen LogP contribution in [0.15, 0.2) is 84.9 Å². The summed E-state index contributed by atoms with van der Waals surface area (Å²) in [5, 5.41) is 19.5. The zero-order chi connectivity index (χ0) is 19.1. The van der Waals surface area contributed by atoms with Gasteiger partial charge in [0, 0.05) is 0 Å². The fraction of sp³-hybridized carbons (Fsp3) is 0.0769. The molecule has 0 atom stereocenters. The second kappa shape index (κ2) is 6.58. The Hall–Kier alpha value is -3.52. The van der Waals surface area contributed by atoms with Crippen molar-refractivity contribution in [1.82, 2.24) is 0 Å². The van der Waals surface area contributed by atoms with Crippen molar-refractivity contribution in [2.45, 2.75) is 12.8 Å². The van der Waals surface area contributed by atoms with Crippen molar-refractivity contribution in [1.29, 1.82) is 0 Å². The predicted molar refractivity (Wildman–Crippen MR) is 113 cm³/mol. The van der Waals surface area contributed by atoms with Crippen molar-refractivity contribution in [3.05, 3.63) is 107 Å². The highest BCUT2D eigenvalue weighted by Gasteiger charge is 2.21. The topological polar surface area (TPSA) is 40.5 Å². The second-order valence-corrected chi connectivity index (χ2v) is 7.34. The van der Waals surface area contributed by atoms with E-state index in [0.29, 0.717) is 0 Å². The third-order valence-corrected chi connectivity index (χ3v) is 5.61. The molecular formula is C26H20O2. The van der Waals surface area contributed by atoms with Gasteiger partial charge in [-0.15, -0.1) is 0 Å². The van der Waals surface area contributed by atoms with Gasteiger partial charge in [0.25, 0.3) is 0 Å². The molecule has 0 aliphatic heterocycles. The fourth-order valence-corrected chi connectivity index (χ4v) is 4.20. The van der Waals surface area contributed by atoms with Crippen LogP contribution >= 0.6 is 0 Å². The molecular weight excluding hydrogens is 344 g/mol. The zero-order valence-corrected chi connectivity index (χ0v) is 15.4. The summed E-state index contributed by atoms with van der Waals surface area (Å²) in [6, 6.07) is 27.9. The number of fused-ring (bicyclic) bond motifs is 2. The molecule has 0 fully saturated rings. The lowest BCUT2D eigenvalue weighted by Crippen LogP contribution is -2.09. The van der Waals surface area contributed by atoms with Gasteiger partial charge in [-0.05, 0) is 81.6 Å². The molecule has 0 radical (unpaired) electrons. The summed E-state index contributed by atoms with van der Waals surface area (Å²) in [6.07, 6.45) is 1.83. The van der Waals surface area contributed by atoms with Crippen LogP contribution in [0.3, 0.4) is 0 Å². The van der Waals surface area contributed by atoms with Crippen LogP contribution in [-0.4, -0.2) is 10.2 Å². The van der Waals surface area contributed by atoms with Crippen molar-refractivity contribution in [2.75, 3.05) is 0 Å². The number of hydrogen-bond acceptors (Lipinski definition) is 2. The first-order chi connectivity index (χ1) is 13.7. The van der Waals surface area contributed by atoms with E-state index < -0.39 is 0 Å². The lowest BCUT2D eigenvalue weighted by molar-refractivity contribution is 0.475. The van der Waals surface area contributed by atoms with Crippen LogP contribution < -0.4 is 0 Å². The quantitative estimate of drug-likeness (QED) is 0.408. The van der Waals surface area contributed by atoms with E-state index in [0.717, 1.165) is 29.5 Å². The Bertz CT molecular complexity index is 1160. The number of benzene rings is 4. The molecule has 0 amide bonds. The summed E-state index contributed by atoms with van der Waals surface area (Å²) < 4.78 is 0. The Kier molecular flexibility index (Phi) is 3.91. The molecule has 1 aliphatic carbocycles. The maximum Gasteiger partial charge on any atom is 0.115 e. The number of aromatic hydroxyl groups is 2. The normalized spacial score (nSPS) is 12.3. The SMILES string of the molecule is Oc1ccc(-c2ccc3c(c2-c2ccc(O)cc2)Cc2ccccc2C3)cc1. The van der Waals surface area contributed by atoms with Crippen molar-refractivity contribution in [3.8, 4) is 33.8 Å². The van der Waals surface area contributed by atoms with Crippen LogP contribution in [-0.2, 0) is 12.8 Å². The van der Waals surface area contributed by atoms with Crippen molar-refractivity contribution < 1.29 is 10.2 Å². The summed E-state index contributed by atoms with van der Waals surface area (Å²) in [6.45, 7) is 0. The van der Waals surface area contributed by atoms with E-state index in [1.165, 1.54) is 27.8 Å². The summed E-state index contributed by atoms with van der Waals surface area (Å²) in [5.74, 6) is 0.534. The maximum atomic E-state index is 9.76. The zero-order valence-electron chi connectivity index (χ0n) is 15.4. The Labute approximate surface area is 164 Å². The minimum Gasteiger partial charge on any atom is -0.508 e. The number of phenols is 2. The minimum atomic E-state index is 0.266. The van der Waals surface area contributed by atoms with Gasteiger partial charge in [-0.25, -0.2) is 0 Å². The highest BCUT2D eigenvalue weighted by atomic mass is 16.3. The lowest BCUT2D eigenvalue weighted by Gasteiger charge is -2.25. The number of phenolic OH excluding ortho intramolecular Hbond substituents is 2. The molecule has 0 bridgehead atoms. The molecule has 28 heavy (non-hydrogen) atoms. The summed E-state index contributed by atoms with van der Waals surface area (Å²) in [5.41, 5.74) is 9.97. The number of hydrogen-bond donors (Lipinski definition) is 2. The maximum absolute atomic E-state index is 9.76. The van der Waals surface area contributed by atoms with Gasteiger partial charge in [-0.2, -0.15) is 0 Å². The second-order valence-electron chi connectivity index (χ2n) is 7.34. The largest absolute Gasteiger partial charge is 0.508 e. The molecule has 0 saturated heterocycles. The molecule has 0 unspecified atom stereocenters. The number of rotatable bonds is 2. The Morgan fingerprint density at radius 1 is 0.500 bits per heavy atom. The van der Waals surface area contributed by atoms with Gasteiger partial charge in [-0.1, -0.05) is 60.7 Å². The van der Waals surface area contributed by atoms with Crippen molar-refractivity contribution in [3.63, 3.8) is 0 Å². The van der Waals surface area contributed by atoms with Crippen LogP contribution in [0.2, 0.25) is 0 Å². The van der Waals surface area contributed by atoms with Crippen LogP contribution in [0.1, 0.15) is 22.3 Å². The van der Waals surface area contributed by atoms with Gasteiger partial charge in [0.15, 0.2) is 0 Å². The average molecular weight is 364 g/mol. The molecule has 2 N–H and O–H groups in total. The first-order valence-electron chi connectivity index (χ1n) is 9.49. The van der Waals surface area contributed by atoms with E-state index in [4.69, 9.17) is 0 Å². The van der Waals surface area contributed by atoms with Crippen LogP contribution in [0.4, 0.5) is 0 Å². The van der Waals surface area contributed by atoms with Crippen LogP contribution in [0.5, 0.6) is 11.5 Å². The molecule has 4 aromatic carbocycles. The van der Waals surface area contributed by atoms with Gasteiger partial charge in [0.2, 0.25) is 0 Å². The molecule has 0 heterocycles. The Balaban J connectivity index is 1.75. The first kappa shape index (κ1) is 16.6. The molecule has 0 saturated carbocycles. The Morgan fingerprint density at radius 3 is 1.71 bits per heavy atom. The van der Waals surface area contributed by atoms with Crippen molar-refractivity contribution in [2.24, 2.45) is 0 Å². The average Bonchev–Trinajstić information content (AvgIpc) is 2.73. The van der Waals surface area contributed by atoms with E-state index >= 15 is 0 Å². The van der Waals surface area contributed by atoms with E-state index in [9.17, 15) is 10.2 Å². The highest BCUT2D eigenvalue weighted by molar-refractivity contribution is 5.87. The summed E-state index contributed by atoms with van der Waals surface area (Å²) in [7, 11) is 0. The van der Waals surface area contributed by atoms with Gasteiger partial charge in [0.05, 0.1) is 0 Å².